The molecule has 1 aromatic rings. The van der Waals surface area contributed by atoms with Gasteiger partial charge in [0.25, 0.3) is 0 Å². The molecule has 1 nitrogen and oxygen atoms in total. The average molecular weight is 206 g/mol. The van der Waals surface area contributed by atoms with E-state index < -0.39 is 23.3 Å². The lowest BCUT2D eigenvalue weighted by Crippen LogP contribution is -2.01. The van der Waals surface area contributed by atoms with Gasteiger partial charge in [-0.3, -0.25) is 0 Å². The summed E-state index contributed by atoms with van der Waals surface area (Å²) in [6, 6.07) is 0.553. The van der Waals surface area contributed by atoms with Gasteiger partial charge in [-0.2, -0.15) is 0 Å². The fourth-order valence-electron chi connectivity index (χ4n) is 1.02. The lowest BCUT2D eigenvalue weighted by atomic mass is 10.1. The summed E-state index contributed by atoms with van der Waals surface area (Å²) in [5, 5.41) is 0. The van der Waals surface area contributed by atoms with Crippen molar-refractivity contribution in [3.63, 3.8) is 0 Å². The third-order valence-electron chi connectivity index (χ3n) is 1.71. The van der Waals surface area contributed by atoms with E-state index in [-0.39, 0.29) is 18.4 Å². The van der Waals surface area contributed by atoms with Crippen LogP contribution in [0.25, 0.3) is 0 Å². The van der Waals surface area contributed by atoms with Crippen LogP contribution < -0.4 is 0 Å². The van der Waals surface area contributed by atoms with Gasteiger partial charge in [0.15, 0.2) is 23.3 Å². The van der Waals surface area contributed by atoms with Crippen molar-refractivity contribution in [3.8, 4) is 0 Å². The van der Waals surface area contributed by atoms with Crippen molar-refractivity contribution in [2.75, 3.05) is 0 Å². The highest BCUT2D eigenvalue weighted by molar-refractivity contribution is 5.50. The van der Waals surface area contributed by atoms with Crippen LogP contribution in [0, 0.1) is 23.3 Å². The van der Waals surface area contributed by atoms with Gasteiger partial charge in [-0.15, -0.1) is 0 Å². The maximum Gasteiger partial charge on any atom is 0.197 e. The Kier molecular flexibility index (Phi) is 3.22. The summed E-state index contributed by atoms with van der Waals surface area (Å²) in [5.74, 6) is -6.57. The predicted molar refractivity (Wildman–Crippen MR) is 40.7 cm³/mol. The molecule has 76 valence electrons. The summed E-state index contributed by atoms with van der Waals surface area (Å²) >= 11 is 0. The van der Waals surface area contributed by atoms with Crippen LogP contribution in [0.5, 0.6) is 0 Å². The van der Waals surface area contributed by atoms with E-state index in [4.69, 9.17) is 0 Å². The number of halogens is 4. The Hall–Kier alpha value is -1.39. The van der Waals surface area contributed by atoms with E-state index >= 15 is 0 Å². The highest BCUT2D eigenvalue weighted by Crippen LogP contribution is 2.19. The van der Waals surface area contributed by atoms with E-state index in [1.807, 2.05) is 0 Å². The number of rotatable bonds is 3. The largest absolute Gasteiger partial charge is 0.303 e. The molecule has 1 aromatic carbocycles. The number of benzene rings is 1. The zero-order valence-electron chi connectivity index (χ0n) is 6.99. The highest BCUT2D eigenvalue weighted by Gasteiger charge is 2.17. The standard InChI is InChI=1S/C9H6F4O/c10-6-4-5(2-1-3-14)7(11)9(13)8(6)12/h3-4H,1-2H2. The molecule has 0 radical (unpaired) electrons. The lowest BCUT2D eigenvalue weighted by Gasteiger charge is -2.03. The first-order chi connectivity index (χ1) is 6.57. The van der Waals surface area contributed by atoms with Crippen molar-refractivity contribution in [1.82, 2.24) is 0 Å². The van der Waals surface area contributed by atoms with Crippen molar-refractivity contribution >= 4 is 6.29 Å². The molecule has 0 fully saturated rings. The van der Waals surface area contributed by atoms with Gasteiger partial charge in [0.2, 0.25) is 0 Å². The Morgan fingerprint density at radius 2 is 1.71 bits per heavy atom. The number of carbonyl (C=O) groups excluding carboxylic acids is 1. The van der Waals surface area contributed by atoms with E-state index in [2.05, 4.69) is 0 Å². The van der Waals surface area contributed by atoms with Crippen LogP contribution in [-0.2, 0) is 11.2 Å². The Bertz CT molecular complexity index is 362. The summed E-state index contributed by atoms with van der Waals surface area (Å²) in [6.45, 7) is 0. The van der Waals surface area contributed by atoms with Gasteiger partial charge < -0.3 is 4.79 Å². The van der Waals surface area contributed by atoms with Crippen molar-refractivity contribution in [1.29, 1.82) is 0 Å². The van der Waals surface area contributed by atoms with Crippen molar-refractivity contribution in [2.24, 2.45) is 0 Å². The predicted octanol–water partition coefficient (Wildman–Crippen LogP) is 2.37. The quantitative estimate of drug-likeness (QED) is 0.321. The van der Waals surface area contributed by atoms with Crippen LogP contribution in [0.3, 0.4) is 0 Å². The molecular formula is C9H6F4O. The molecule has 14 heavy (non-hydrogen) atoms. The molecule has 0 aliphatic rings. The Labute approximate surface area is 77.3 Å². The van der Waals surface area contributed by atoms with Gasteiger partial charge in [-0.1, -0.05) is 0 Å². The van der Waals surface area contributed by atoms with Crippen LogP contribution in [0.15, 0.2) is 6.07 Å². The molecule has 0 bridgehead atoms. The van der Waals surface area contributed by atoms with Gasteiger partial charge in [-0.05, 0) is 18.1 Å². The Balaban J connectivity index is 3.12. The maximum absolute atomic E-state index is 12.9. The number of hydrogen-bond acceptors (Lipinski definition) is 1. The molecule has 0 saturated heterocycles. The average Bonchev–Trinajstić information content (AvgIpc) is 2.18. The molecule has 0 heterocycles. The minimum atomic E-state index is -1.84. The summed E-state index contributed by atoms with van der Waals surface area (Å²) in [5.41, 5.74) is -0.339. The minimum absolute atomic E-state index is 0.0680. The minimum Gasteiger partial charge on any atom is -0.303 e. The van der Waals surface area contributed by atoms with Crippen LogP contribution >= 0.6 is 0 Å². The molecule has 0 unspecified atom stereocenters. The summed E-state index contributed by atoms with van der Waals surface area (Å²) in [7, 11) is 0. The monoisotopic (exact) mass is 206 g/mol. The second-order valence-electron chi connectivity index (χ2n) is 2.66. The number of aryl methyl sites for hydroxylation is 1. The van der Waals surface area contributed by atoms with E-state index in [9.17, 15) is 22.4 Å². The molecular weight excluding hydrogens is 200 g/mol. The normalized spacial score (nSPS) is 10.3. The maximum atomic E-state index is 12.9. The van der Waals surface area contributed by atoms with Gasteiger partial charge in [-0.25, -0.2) is 17.6 Å². The molecule has 0 saturated carbocycles. The van der Waals surface area contributed by atoms with E-state index in [0.29, 0.717) is 12.4 Å². The summed E-state index contributed by atoms with van der Waals surface area (Å²) in [4.78, 5) is 9.94. The van der Waals surface area contributed by atoms with E-state index in [0.717, 1.165) is 0 Å². The highest BCUT2D eigenvalue weighted by atomic mass is 19.2. The molecule has 0 aliphatic heterocycles. The zero-order valence-corrected chi connectivity index (χ0v) is 6.99. The van der Waals surface area contributed by atoms with Crippen LogP contribution in [0.4, 0.5) is 17.6 Å². The number of aldehydes is 1. The summed E-state index contributed by atoms with van der Waals surface area (Å²) < 4.78 is 50.5. The number of carbonyl (C=O) groups is 1. The van der Waals surface area contributed by atoms with Crippen LogP contribution in [-0.4, -0.2) is 6.29 Å². The second kappa shape index (κ2) is 4.21. The Morgan fingerprint density at radius 3 is 2.29 bits per heavy atom. The first-order valence-electron chi connectivity index (χ1n) is 3.83. The topological polar surface area (TPSA) is 17.1 Å². The van der Waals surface area contributed by atoms with E-state index in [1.165, 1.54) is 0 Å². The number of hydrogen-bond donors (Lipinski definition) is 0. The summed E-state index contributed by atoms with van der Waals surface area (Å²) in [6.07, 6.45) is 0.267. The second-order valence-corrected chi connectivity index (χ2v) is 2.66. The van der Waals surface area contributed by atoms with Gasteiger partial charge in [0, 0.05) is 6.42 Å². The SMILES string of the molecule is O=CCCc1cc(F)c(F)c(F)c1F. The fraction of sp³-hybridized carbons (Fsp3) is 0.222. The molecule has 0 N–H and O–H groups in total. The third-order valence-corrected chi connectivity index (χ3v) is 1.71. The molecule has 0 atom stereocenters. The first-order valence-corrected chi connectivity index (χ1v) is 3.83. The molecule has 1 rings (SSSR count). The Morgan fingerprint density at radius 1 is 1.07 bits per heavy atom. The fourth-order valence-corrected chi connectivity index (χ4v) is 1.02. The van der Waals surface area contributed by atoms with Crippen molar-refractivity contribution in [2.45, 2.75) is 12.8 Å². The van der Waals surface area contributed by atoms with Crippen molar-refractivity contribution < 1.29 is 22.4 Å². The van der Waals surface area contributed by atoms with Crippen molar-refractivity contribution in [3.05, 3.63) is 34.9 Å². The molecule has 0 spiro atoms. The van der Waals surface area contributed by atoms with Gasteiger partial charge in [0.1, 0.15) is 6.29 Å². The van der Waals surface area contributed by atoms with E-state index in [1.54, 1.807) is 0 Å². The molecule has 0 aliphatic carbocycles. The van der Waals surface area contributed by atoms with Gasteiger partial charge in [0.05, 0.1) is 0 Å². The van der Waals surface area contributed by atoms with Gasteiger partial charge >= 0.3 is 0 Å². The first kappa shape index (κ1) is 10.7. The zero-order chi connectivity index (χ0) is 10.7. The smallest absolute Gasteiger partial charge is 0.197 e. The third kappa shape index (κ3) is 1.92. The molecule has 5 heteroatoms. The molecule has 0 amide bonds. The van der Waals surface area contributed by atoms with Crippen LogP contribution in [0.1, 0.15) is 12.0 Å². The van der Waals surface area contributed by atoms with Crippen LogP contribution in [0.2, 0.25) is 0 Å². The molecule has 0 aromatic heterocycles. The lowest BCUT2D eigenvalue weighted by molar-refractivity contribution is -0.107.